The van der Waals surface area contributed by atoms with Gasteiger partial charge < -0.3 is 14.5 Å². The second-order valence-corrected chi connectivity index (χ2v) is 2.85. The molecule has 2 rings (SSSR count). The topological polar surface area (TPSA) is 60.2 Å². The highest BCUT2D eigenvalue weighted by molar-refractivity contribution is 5.22. The number of hydrogen-bond donors (Lipinski definition) is 1. The summed E-state index contributed by atoms with van der Waals surface area (Å²) in [5, 5.41) is 10.7. The first kappa shape index (κ1) is 7.54. The fourth-order valence-electron chi connectivity index (χ4n) is 0.896. The third-order valence-corrected chi connectivity index (χ3v) is 1.64. The van der Waals surface area contributed by atoms with E-state index >= 15 is 0 Å². The molecule has 0 aromatic carbocycles. The zero-order valence-electron chi connectivity index (χ0n) is 6.91. The second-order valence-electron chi connectivity index (χ2n) is 2.85. The number of nitrogens with zero attached hydrogens (tertiary/aromatic N) is 2. The van der Waals surface area contributed by atoms with Gasteiger partial charge in [-0.15, -0.1) is 5.10 Å². The van der Waals surface area contributed by atoms with E-state index in [1.54, 1.807) is 7.11 Å². The molecule has 12 heavy (non-hydrogen) atoms. The number of hydrogen-bond acceptors (Lipinski definition) is 5. The summed E-state index contributed by atoms with van der Waals surface area (Å²) in [7, 11) is 1.60. The van der Waals surface area contributed by atoms with Crippen LogP contribution in [-0.2, 0) is 11.3 Å². The molecule has 1 heterocycles. The molecular formula is C7H11N3O2. The van der Waals surface area contributed by atoms with Crippen molar-refractivity contribution < 1.29 is 9.15 Å². The Bertz CT molecular complexity index is 257. The van der Waals surface area contributed by atoms with Crippen LogP contribution in [0.25, 0.3) is 0 Å². The van der Waals surface area contributed by atoms with Crippen molar-refractivity contribution in [2.24, 2.45) is 0 Å². The molecule has 0 spiro atoms. The Morgan fingerprint density at radius 2 is 2.42 bits per heavy atom. The summed E-state index contributed by atoms with van der Waals surface area (Å²) in [4.78, 5) is 0. The molecule has 1 aromatic rings. The Morgan fingerprint density at radius 1 is 1.58 bits per heavy atom. The molecule has 5 heteroatoms. The maximum Gasteiger partial charge on any atom is 0.315 e. The number of anilines is 1. The highest BCUT2D eigenvalue weighted by atomic mass is 16.5. The van der Waals surface area contributed by atoms with Crippen molar-refractivity contribution in [3.05, 3.63) is 5.89 Å². The SMILES string of the molecule is COCc1nnc(NC2CC2)o1. The van der Waals surface area contributed by atoms with Gasteiger partial charge in [-0.1, -0.05) is 5.10 Å². The van der Waals surface area contributed by atoms with Crippen LogP contribution in [0.1, 0.15) is 18.7 Å². The molecule has 0 saturated heterocycles. The second kappa shape index (κ2) is 3.10. The van der Waals surface area contributed by atoms with E-state index in [2.05, 4.69) is 15.5 Å². The predicted molar refractivity (Wildman–Crippen MR) is 41.7 cm³/mol. The minimum absolute atomic E-state index is 0.374. The lowest BCUT2D eigenvalue weighted by Gasteiger charge is -1.93. The number of rotatable bonds is 4. The molecule has 0 unspecified atom stereocenters. The molecule has 0 radical (unpaired) electrons. The first-order valence-corrected chi connectivity index (χ1v) is 3.96. The number of ether oxygens (including phenoxy) is 1. The molecule has 1 fully saturated rings. The van der Waals surface area contributed by atoms with Crippen molar-refractivity contribution in [3.63, 3.8) is 0 Å². The van der Waals surface area contributed by atoms with Gasteiger partial charge in [-0.05, 0) is 12.8 Å². The molecule has 5 nitrogen and oxygen atoms in total. The van der Waals surface area contributed by atoms with Crippen molar-refractivity contribution in [1.82, 2.24) is 10.2 Å². The van der Waals surface area contributed by atoms with E-state index in [4.69, 9.17) is 9.15 Å². The fourth-order valence-corrected chi connectivity index (χ4v) is 0.896. The number of methoxy groups -OCH3 is 1. The van der Waals surface area contributed by atoms with Crippen LogP contribution >= 0.6 is 0 Å². The molecule has 0 amide bonds. The van der Waals surface area contributed by atoms with Crippen LogP contribution < -0.4 is 5.32 Å². The van der Waals surface area contributed by atoms with Crippen molar-refractivity contribution in [2.45, 2.75) is 25.5 Å². The van der Waals surface area contributed by atoms with Crippen LogP contribution in [-0.4, -0.2) is 23.3 Å². The van der Waals surface area contributed by atoms with Crippen LogP contribution in [0.2, 0.25) is 0 Å². The smallest absolute Gasteiger partial charge is 0.315 e. The molecule has 1 saturated carbocycles. The van der Waals surface area contributed by atoms with E-state index in [0.29, 0.717) is 24.6 Å². The summed E-state index contributed by atoms with van der Waals surface area (Å²) in [5.41, 5.74) is 0. The first-order valence-electron chi connectivity index (χ1n) is 3.96. The molecule has 1 aromatic heterocycles. The Labute approximate surface area is 70.1 Å². The summed E-state index contributed by atoms with van der Waals surface area (Å²) >= 11 is 0. The van der Waals surface area contributed by atoms with E-state index in [1.165, 1.54) is 12.8 Å². The van der Waals surface area contributed by atoms with Crippen LogP contribution in [0, 0.1) is 0 Å². The van der Waals surface area contributed by atoms with Gasteiger partial charge in [-0.25, -0.2) is 0 Å². The zero-order chi connectivity index (χ0) is 8.39. The zero-order valence-corrected chi connectivity index (χ0v) is 6.91. The predicted octanol–water partition coefficient (Wildman–Crippen LogP) is 0.790. The van der Waals surface area contributed by atoms with Crippen molar-refractivity contribution >= 4 is 6.01 Å². The van der Waals surface area contributed by atoms with Gasteiger partial charge in [-0.2, -0.15) is 0 Å². The first-order chi connectivity index (χ1) is 5.88. The molecule has 0 aliphatic heterocycles. The lowest BCUT2D eigenvalue weighted by Crippen LogP contribution is -2.00. The number of nitrogens with one attached hydrogen (secondary N) is 1. The largest absolute Gasteiger partial charge is 0.406 e. The van der Waals surface area contributed by atoms with E-state index in [-0.39, 0.29) is 0 Å². The average molecular weight is 169 g/mol. The summed E-state index contributed by atoms with van der Waals surface area (Å²) < 4.78 is 10.1. The molecule has 1 aliphatic carbocycles. The lowest BCUT2D eigenvalue weighted by molar-refractivity contribution is 0.160. The van der Waals surface area contributed by atoms with Crippen LogP contribution in [0.5, 0.6) is 0 Å². The normalized spacial score (nSPS) is 16.4. The molecule has 1 N–H and O–H groups in total. The van der Waals surface area contributed by atoms with Gasteiger partial charge in [0.05, 0.1) is 0 Å². The van der Waals surface area contributed by atoms with Gasteiger partial charge in [0.1, 0.15) is 6.61 Å². The highest BCUT2D eigenvalue weighted by Gasteiger charge is 2.23. The van der Waals surface area contributed by atoms with Gasteiger partial charge in [0.2, 0.25) is 5.89 Å². The quantitative estimate of drug-likeness (QED) is 0.722. The molecule has 66 valence electrons. The summed E-state index contributed by atoms with van der Waals surface area (Å²) in [6.07, 6.45) is 2.39. The molecule has 0 bridgehead atoms. The summed E-state index contributed by atoms with van der Waals surface area (Å²) in [6.45, 7) is 0.374. The summed E-state index contributed by atoms with van der Waals surface area (Å²) in [6, 6.07) is 1.05. The van der Waals surface area contributed by atoms with Crippen LogP contribution in [0.15, 0.2) is 4.42 Å². The van der Waals surface area contributed by atoms with E-state index in [1.807, 2.05) is 0 Å². The lowest BCUT2D eigenvalue weighted by atomic mass is 10.7. The maximum atomic E-state index is 5.22. The maximum absolute atomic E-state index is 5.22. The Morgan fingerprint density at radius 3 is 3.08 bits per heavy atom. The van der Waals surface area contributed by atoms with Gasteiger partial charge >= 0.3 is 6.01 Å². The molecule has 0 atom stereocenters. The molecular weight excluding hydrogens is 158 g/mol. The third-order valence-electron chi connectivity index (χ3n) is 1.64. The van der Waals surface area contributed by atoms with E-state index in [9.17, 15) is 0 Å². The van der Waals surface area contributed by atoms with E-state index in [0.717, 1.165) is 0 Å². The van der Waals surface area contributed by atoms with Gasteiger partial charge in [-0.3, -0.25) is 0 Å². The Balaban J connectivity index is 1.92. The minimum atomic E-state index is 0.374. The van der Waals surface area contributed by atoms with Crippen molar-refractivity contribution in [1.29, 1.82) is 0 Å². The van der Waals surface area contributed by atoms with Crippen LogP contribution in [0.4, 0.5) is 6.01 Å². The highest BCUT2D eigenvalue weighted by Crippen LogP contribution is 2.23. The van der Waals surface area contributed by atoms with Gasteiger partial charge in [0.25, 0.3) is 0 Å². The third kappa shape index (κ3) is 1.73. The average Bonchev–Trinajstić information content (AvgIpc) is 2.74. The number of aromatic nitrogens is 2. The van der Waals surface area contributed by atoms with Gasteiger partial charge in [0, 0.05) is 13.2 Å². The fraction of sp³-hybridized carbons (Fsp3) is 0.714. The van der Waals surface area contributed by atoms with Crippen molar-refractivity contribution in [3.8, 4) is 0 Å². The molecule has 1 aliphatic rings. The Hall–Kier alpha value is -1.10. The monoisotopic (exact) mass is 169 g/mol. The van der Waals surface area contributed by atoms with Gasteiger partial charge in [0.15, 0.2) is 0 Å². The summed E-state index contributed by atoms with van der Waals surface area (Å²) in [5.74, 6) is 0.514. The van der Waals surface area contributed by atoms with Crippen molar-refractivity contribution in [2.75, 3.05) is 12.4 Å². The van der Waals surface area contributed by atoms with E-state index < -0.39 is 0 Å². The standard InChI is InChI=1S/C7H11N3O2/c1-11-4-6-9-10-7(12-6)8-5-2-3-5/h5H,2-4H2,1H3,(H,8,10). The minimum Gasteiger partial charge on any atom is -0.406 e. The Kier molecular flexibility index (Phi) is 1.95. The van der Waals surface area contributed by atoms with Crippen LogP contribution in [0.3, 0.4) is 0 Å².